The molecular weight excluding hydrogens is 372 g/mol. The van der Waals surface area contributed by atoms with Crippen LogP contribution in [0, 0.1) is 11.8 Å². The third kappa shape index (κ3) is 46.5. The van der Waals surface area contributed by atoms with Crippen molar-refractivity contribution in [2.45, 2.75) is 125 Å². The van der Waals surface area contributed by atoms with Gasteiger partial charge in [0.25, 0.3) is 0 Å². The van der Waals surface area contributed by atoms with Crippen LogP contribution >= 0.6 is 23.5 Å². The molecular formula is C23H52O2S2. The molecule has 0 unspecified atom stereocenters. The molecule has 0 rings (SSSR count). The predicted molar refractivity (Wildman–Crippen MR) is 131 cm³/mol. The summed E-state index contributed by atoms with van der Waals surface area (Å²) in [6.07, 6.45) is 4.75. The first-order valence-corrected chi connectivity index (χ1v) is 12.9. The molecule has 0 aliphatic rings. The summed E-state index contributed by atoms with van der Waals surface area (Å²) in [7, 11) is 0. The summed E-state index contributed by atoms with van der Waals surface area (Å²) < 4.78 is 10.3. The van der Waals surface area contributed by atoms with Crippen LogP contribution in [0.15, 0.2) is 0 Å². The number of hydrogen-bond acceptors (Lipinski definition) is 4. The van der Waals surface area contributed by atoms with Gasteiger partial charge in [-0.05, 0) is 50.0 Å². The summed E-state index contributed by atoms with van der Waals surface area (Å²) in [5.41, 5.74) is 0. The zero-order valence-electron chi connectivity index (χ0n) is 20.6. The second kappa shape index (κ2) is 22.9. The lowest BCUT2D eigenvalue weighted by atomic mass is 10.0. The SMILES string of the molecule is CC(C)CCCC(C)C.CC(C)OCOC(C)C.CC(C)SCSC(C)C. The van der Waals surface area contributed by atoms with E-state index >= 15 is 0 Å². The molecule has 0 amide bonds. The van der Waals surface area contributed by atoms with Gasteiger partial charge >= 0.3 is 0 Å². The van der Waals surface area contributed by atoms with Crippen LogP contribution < -0.4 is 0 Å². The van der Waals surface area contributed by atoms with E-state index in [2.05, 4.69) is 55.4 Å². The number of thioether (sulfide) groups is 2. The Morgan fingerprint density at radius 3 is 1.11 bits per heavy atom. The van der Waals surface area contributed by atoms with Crippen LogP contribution in [0.4, 0.5) is 0 Å². The van der Waals surface area contributed by atoms with Gasteiger partial charge in [0.2, 0.25) is 0 Å². The highest BCUT2D eigenvalue weighted by atomic mass is 32.2. The van der Waals surface area contributed by atoms with E-state index in [1.807, 2.05) is 51.2 Å². The highest BCUT2D eigenvalue weighted by Crippen LogP contribution is 2.20. The van der Waals surface area contributed by atoms with E-state index in [1.54, 1.807) is 0 Å². The summed E-state index contributed by atoms with van der Waals surface area (Å²) in [6.45, 7) is 26.5. The number of hydrogen-bond donors (Lipinski definition) is 0. The van der Waals surface area contributed by atoms with Crippen molar-refractivity contribution in [1.29, 1.82) is 0 Å². The van der Waals surface area contributed by atoms with Crippen LogP contribution in [0.1, 0.15) is 102 Å². The Hall–Kier alpha value is 0.620. The second-order valence-electron chi connectivity index (χ2n) is 8.82. The zero-order chi connectivity index (χ0) is 21.8. The third-order valence-electron chi connectivity index (χ3n) is 3.17. The third-order valence-corrected chi connectivity index (χ3v) is 5.59. The van der Waals surface area contributed by atoms with E-state index in [0.29, 0.717) is 6.79 Å². The normalized spacial score (nSPS) is 11.3. The summed E-state index contributed by atoms with van der Waals surface area (Å²) in [5, 5.41) is 2.82. The Morgan fingerprint density at radius 2 is 0.889 bits per heavy atom. The largest absolute Gasteiger partial charge is 0.353 e. The first-order valence-electron chi connectivity index (χ1n) is 10.8. The van der Waals surface area contributed by atoms with Crippen molar-refractivity contribution in [3.8, 4) is 0 Å². The van der Waals surface area contributed by atoms with Crippen molar-refractivity contribution in [3.63, 3.8) is 0 Å². The van der Waals surface area contributed by atoms with Crippen molar-refractivity contribution in [3.05, 3.63) is 0 Å². The highest BCUT2D eigenvalue weighted by molar-refractivity contribution is 8.16. The summed E-state index contributed by atoms with van der Waals surface area (Å²) in [6, 6.07) is 0. The van der Waals surface area contributed by atoms with E-state index in [0.717, 1.165) is 22.3 Å². The average molecular weight is 425 g/mol. The van der Waals surface area contributed by atoms with Gasteiger partial charge in [0.1, 0.15) is 6.79 Å². The maximum absolute atomic E-state index is 5.13. The quantitative estimate of drug-likeness (QED) is 0.292. The first kappa shape index (κ1) is 32.3. The van der Waals surface area contributed by atoms with Crippen LogP contribution in [0.3, 0.4) is 0 Å². The van der Waals surface area contributed by atoms with Gasteiger partial charge in [-0.25, -0.2) is 0 Å². The maximum atomic E-state index is 5.13. The molecule has 4 heteroatoms. The molecule has 0 aromatic carbocycles. The van der Waals surface area contributed by atoms with Gasteiger partial charge in [0.15, 0.2) is 0 Å². The van der Waals surface area contributed by atoms with Crippen molar-refractivity contribution in [2.75, 3.05) is 11.9 Å². The molecule has 0 fully saturated rings. The van der Waals surface area contributed by atoms with Gasteiger partial charge in [-0.15, -0.1) is 23.5 Å². The topological polar surface area (TPSA) is 18.5 Å². The maximum Gasteiger partial charge on any atom is 0.147 e. The molecule has 2 nitrogen and oxygen atoms in total. The van der Waals surface area contributed by atoms with Crippen LogP contribution in [0.5, 0.6) is 0 Å². The fourth-order valence-corrected chi connectivity index (χ4v) is 4.05. The van der Waals surface area contributed by atoms with E-state index in [9.17, 15) is 0 Å². The van der Waals surface area contributed by atoms with Crippen molar-refractivity contribution in [1.82, 2.24) is 0 Å². The molecule has 0 heterocycles. The van der Waals surface area contributed by atoms with Gasteiger partial charge < -0.3 is 9.47 Å². The monoisotopic (exact) mass is 424 g/mol. The highest BCUT2D eigenvalue weighted by Gasteiger charge is 1.97. The number of ether oxygens (including phenoxy) is 2. The Balaban J connectivity index is -0.000000320. The zero-order valence-corrected chi connectivity index (χ0v) is 22.3. The van der Waals surface area contributed by atoms with Gasteiger partial charge in [0, 0.05) is 5.08 Å². The second-order valence-corrected chi connectivity index (χ2v) is 12.3. The fourth-order valence-electron chi connectivity index (χ4n) is 1.56. The van der Waals surface area contributed by atoms with Crippen LogP contribution in [-0.4, -0.2) is 34.6 Å². The smallest absolute Gasteiger partial charge is 0.147 e. The van der Waals surface area contributed by atoms with Crippen molar-refractivity contribution in [2.24, 2.45) is 11.8 Å². The lowest BCUT2D eigenvalue weighted by molar-refractivity contribution is -0.0994. The summed E-state index contributed by atoms with van der Waals surface area (Å²) in [4.78, 5) is 0. The van der Waals surface area contributed by atoms with E-state index in [-0.39, 0.29) is 12.2 Å². The van der Waals surface area contributed by atoms with Gasteiger partial charge in [0.05, 0.1) is 12.2 Å². The Labute approximate surface area is 181 Å². The standard InChI is InChI=1S/C9H20.C7H16O2.C7H16S2/c1-8(2)6-5-7-9(3)4;2*1-6(2)8-5-9-7(3)4/h8-9H,5-7H2,1-4H3;2*6-7H,5H2,1-4H3. The molecule has 27 heavy (non-hydrogen) atoms. The van der Waals surface area contributed by atoms with Gasteiger partial charge in [-0.2, -0.15) is 0 Å². The van der Waals surface area contributed by atoms with Crippen LogP contribution in [0.2, 0.25) is 0 Å². The Morgan fingerprint density at radius 1 is 0.556 bits per heavy atom. The molecule has 0 bridgehead atoms. The molecule has 0 spiro atoms. The molecule has 168 valence electrons. The lowest BCUT2D eigenvalue weighted by Crippen LogP contribution is -2.11. The molecule has 0 aromatic rings. The van der Waals surface area contributed by atoms with Crippen LogP contribution in [0.25, 0.3) is 0 Å². The molecule has 0 aromatic heterocycles. The molecule has 0 aliphatic carbocycles. The molecule has 0 N–H and O–H groups in total. The fraction of sp³-hybridized carbons (Fsp3) is 1.00. The predicted octanol–water partition coefficient (Wildman–Crippen LogP) is 8.49. The van der Waals surface area contributed by atoms with E-state index in [1.165, 1.54) is 24.3 Å². The summed E-state index contributed by atoms with van der Waals surface area (Å²) in [5.74, 6) is 1.78. The van der Waals surface area contributed by atoms with Crippen LogP contribution in [-0.2, 0) is 9.47 Å². The minimum absolute atomic E-state index is 0.267. The van der Waals surface area contributed by atoms with E-state index in [4.69, 9.17) is 9.47 Å². The minimum atomic E-state index is 0.267. The lowest BCUT2D eigenvalue weighted by Gasteiger charge is -2.09. The summed E-state index contributed by atoms with van der Waals surface area (Å²) >= 11 is 4.05. The van der Waals surface area contributed by atoms with E-state index < -0.39 is 0 Å². The Bertz CT molecular complexity index is 198. The first-order chi connectivity index (χ1) is 12.4. The minimum Gasteiger partial charge on any atom is -0.353 e. The van der Waals surface area contributed by atoms with Crippen molar-refractivity contribution >= 4 is 23.5 Å². The molecule has 0 radical (unpaired) electrons. The molecule has 0 saturated heterocycles. The molecule has 0 atom stereocenters. The molecule has 0 aliphatic heterocycles. The average Bonchev–Trinajstić information content (AvgIpc) is 2.46. The Kier molecular flexibility index (Phi) is 27.4. The van der Waals surface area contributed by atoms with Gasteiger partial charge in [-0.3, -0.25) is 0 Å². The molecule has 0 saturated carbocycles. The number of rotatable bonds is 12. The van der Waals surface area contributed by atoms with Gasteiger partial charge in [-0.1, -0.05) is 74.7 Å². The van der Waals surface area contributed by atoms with Crippen molar-refractivity contribution < 1.29 is 9.47 Å².